The summed E-state index contributed by atoms with van der Waals surface area (Å²) in [6, 6.07) is 32.1. The van der Waals surface area contributed by atoms with Gasteiger partial charge in [-0.15, -0.1) is 0 Å². The average molecular weight is 1380 g/mol. The van der Waals surface area contributed by atoms with Crippen molar-refractivity contribution in [3.63, 3.8) is 0 Å². The maximum absolute atomic E-state index is 6.56. The van der Waals surface area contributed by atoms with Crippen molar-refractivity contribution in [3.05, 3.63) is 120 Å². The number of hydrogen-bond donors (Lipinski definition) is 2. The Kier molecular flexibility index (Phi) is 26.0. The SMILES string of the molecule is C1=Cc2nc1c(-c1ccc3c(c1)OCCOCCOCCOCCO3)c1ccc([nH]1)c(-c1ccc3c(c1)OCCOCCOCCOCCO3)c1nc(c(-c3ccc4c(c3)OCCOCCOCCOCCO4)c3ccc([nH]3)c2-c2ccc3c(c2)OCCOCCOCCOCCO3)C=C1. The molecule has 0 saturated carbocycles. The molecule has 0 spiro atoms. The molecule has 8 bridgehead atoms. The van der Waals surface area contributed by atoms with Crippen LogP contribution in [-0.4, -0.2) is 231 Å². The van der Waals surface area contributed by atoms with Crippen LogP contribution in [0.15, 0.2) is 97.1 Å². The minimum Gasteiger partial charge on any atom is -0.487 e. The third-order valence-corrected chi connectivity index (χ3v) is 16.5. The van der Waals surface area contributed by atoms with Crippen LogP contribution in [0, 0.1) is 0 Å². The molecule has 9 heterocycles. The smallest absolute Gasteiger partial charge is 0.161 e. The molecular weight excluding hydrogens is 1290 g/mol. The first kappa shape index (κ1) is 69.9. The van der Waals surface area contributed by atoms with E-state index < -0.39 is 0 Å². The van der Waals surface area contributed by atoms with Crippen LogP contribution in [-0.2, 0) is 56.8 Å². The maximum atomic E-state index is 6.56. The second-order valence-electron chi connectivity index (χ2n) is 23.3. The van der Waals surface area contributed by atoms with E-state index >= 15 is 0 Å². The molecule has 6 aliphatic rings. The number of rotatable bonds is 4. The molecule has 24 nitrogen and oxygen atoms in total. The number of H-pyrrole nitrogens is 2. The first-order chi connectivity index (χ1) is 49.7. The third-order valence-electron chi connectivity index (χ3n) is 16.5. The van der Waals surface area contributed by atoms with Crippen LogP contribution in [0.25, 0.3) is 90.9 Å². The summed E-state index contributed by atoms with van der Waals surface area (Å²) < 4.78 is 122. The van der Waals surface area contributed by atoms with Crippen LogP contribution >= 0.6 is 0 Å². The Morgan fingerprint density at radius 2 is 0.360 bits per heavy atom. The lowest BCUT2D eigenvalue weighted by Crippen LogP contribution is -2.13. The number of fused-ring (bicyclic) bond motifs is 12. The highest BCUT2D eigenvalue weighted by atomic mass is 16.6. The zero-order chi connectivity index (χ0) is 67.6. The van der Waals surface area contributed by atoms with Crippen LogP contribution < -0.4 is 37.9 Å². The first-order valence-corrected chi connectivity index (χ1v) is 34.4. The lowest BCUT2D eigenvalue weighted by atomic mass is 10.0. The Bertz CT molecular complexity index is 3540. The number of aromatic nitrogens is 4. The van der Waals surface area contributed by atoms with E-state index in [0.29, 0.717) is 254 Å². The molecule has 0 atom stereocenters. The molecule has 0 fully saturated rings. The van der Waals surface area contributed by atoms with E-state index in [0.717, 1.165) is 66.6 Å². The van der Waals surface area contributed by atoms with Gasteiger partial charge in [0, 0.05) is 44.3 Å². The van der Waals surface area contributed by atoms with Gasteiger partial charge in [0.1, 0.15) is 52.9 Å². The maximum Gasteiger partial charge on any atom is 0.161 e. The number of hydrogen-bond acceptors (Lipinski definition) is 22. The molecule has 4 aromatic carbocycles. The number of nitrogens with one attached hydrogen (secondary N) is 2. The molecular formula is C76H86N4O20. The highest BCUT2D eigenvalue weighted by molar-refractivity contribution is 6.00. The largest absolute Gasteiger partial charge is 0.487 e. The normalized spacial score (nSPS) is 18.4. The number of ether oxygens (including phenoxy) is 20. The van der Waals surface area contributed by atoms with Crippen LogP contribution in [0.5, 0.6) is 46.0 Å². The van der Waals surface area contributed by atoms with Crippen molar-refractivity contribution < 1.29 is 94.7 Å². The molecule has 0 radical (unpaired) electrons. The molecule has 0 saturated heterocycles. The molecule has 100 heavy (non-hydrogen) atoms. The zero-order valence-electron chi connectivity index (χ0n) is 56.2. The van der Waals surface area contributed by atoms with E-state index in [-0.39, 0.29) is 26.4 Å². The molecule has 24 heteroatoms. The molecule has 0 unspecified atom stereocenters. The van der Waals surface area contributed by atoms with Gasteiger partial charge in [-0.25, -0.2) is 9.97 Å². The fraction of sp³-hybridized carbons (Fsp3) is 0.421. The molecule has 530 valence electrons. The van der Waals surface area contributed by atoms with E-state index in [9.17, 15) is 0 Å². The van der Waals surface area contributed by atoms with Gasteiger partial charge in [0.05, 0.1) is 181 Å². The van der Waals surface area contributed by atoms with E-state index in [1.807, 2.05) is 97.1 Å². The van der Waals surface area contributed by atoms with E-state index in [1.165, 1.54) is 0 Å². The average Bonchev–Trinajstić information content (AvgIpc) is 1.60. The second kappa shape index (κ2) is 37.2. The number of benzene rings is 4. The first-order valence-electron chi connectivity index (χ1n) is 34.4. The van der Waals surface area contributed by atoms with Gasteiger partial charge in [0.25, 0.3) is 0 Å². The minimum atomic E-state index is 0.257. The Balaban J connectivity index is 1.04. The summed E-state index contributed by atoms with van der Waals surface area (Å²) in [5.41, 5.74) is 11.9. The summed E-state index contributed by atoms with van der Waals surface area (Å²) in [5.74, 6) is 4.28. The quantitative estimate of drug-likeness (QED) is 0.166. The second-order valence-corrected chi connectivity index (χ2v) is 23.3. The summed E-state index contributed by atoms with van der Waals surface area (Å²) in [5, 5.41) is 0. The van der Waals surface area contributed by atoms with Gasteiger partial charge in [0.2, 0.25) is 0 Å². The van der Waals surface area contributed by atoms with E-state index in [4.69, 9.17) is 105 Å². The third kappa shape index (κ3) is 19.1. The Morgan fingerprint density at radius 3 is 0.550 bits per heavy atom. The number of nitrogens with zero attached hydrogens (tertiary/aromatic N) is 2. The van der Waals surface area contributed by atoms with E-state index in [2.05, 4.69) is 34.2 Å². The monoisotopic (exact) mass is 1370 g/mol. The summed E-state index contributed by atoms with van der Waals surface area (Å²) >= 11 is 0. The molecule has 2 N–H and O–H groups in total. The highest BCUT2D eigenvalue weighted by Crippen LogP contribution is 2.44. The standard InChI is InChI=1S/C76H86N4O20/c1-13-65-69(97-45-37-89-29-21-81-17-25-85-33-41-93-65)49-53(1)73-57-5-7-59(77-57)74(54-2-14-66-70(50-54)98-46-38-90-30-22-82-18-26-86-34-42-94-66)61-9-11-63(79-61)76(56-4-16-68-72(52-56)100-48-40-92-32-24-84-20-28-88-36-44-96-68)64-12-10-62(80-64)75(60-8-6-58(73)78-60)55-3-15-67-71(51-55)99-47-39-91-31-23-83-19-27-87-35-43-95-67/h1-16,49-52,77,80H,17-48H2. The van der Waals surface area contributed by atoms with Crippen molar-refractivity contribution in [2.45, 2.75) is 0 Å². The molecule has 13 rings (SSSR count). The Hall–Kier alpha value is -8.60. The highest BCUT2D eigenvalue weighted by Gasteiger charge is 2.24. The van der Waals surface area contributed by atoms with Crippen molar-refractivity contribution >= 4 is 46.4 Å². The summed E-state index contributed by atoms with van der Waals surface area (Å²) in [4.78, 5) is 19.1. The molecule has 3 aromatic heterocycles. The van der Waals surface area contributed by atoms with Gasteiger partial charge in [-0.1, -0.05) is 24.3 Å². The zero-order valence-corrected chi connectivity index (χ0v) is 56.2. The predicted molar refractivity (Wildman–Crippen MR) is 374 cm³/mol. The fourth-order valence-electron chi connectivity index (χ4n) is 11.9. The molecule has 0 amide bonds. The van der Waals surface area contributed by atoms with Crippen LogP contribution in [0.2, 0.25) is 0 Å². The predicted octanol–water partition coefficient (Wildman–Crippen LogP) is 10.6. The molecule has 6 aliphatic heterocycles. The topological polar surface area (TPSA) is 242 Å². The summed E-state index contributed by atoms with van der Waals surface area (Å²) in [6.07, 6.45) is 8.17. The summed E-state index contributed by atoms with van der Waals surface area (Å²) in [6.45, 7) is 11.9. The van der Waals surface area contributed by atoms with Gasteiger partial charge in [0.15, 0.2) is 46.0 Å². The van der Waals surface area contributed by atoms with Gasteiger partial charge >= 0.3 is 0 Å². The van der Waals surface area contributed by atoms with Gasteiger partial charge in [-0.2, -0.15) is 0 Å². The van der Waals surface area contributed by atoms with Gasteiger partial charge in [-0.3, -0.25) is 0 Å². The van der Waals surface area contributed by atoms with Crippen LogP contribution in [0.3, 0.4) is 0 Å². The summed E-state index contributed by atoms with van der Waals surface area (Å²) in [7, 11) is 0. The Labute approximate surface area is 580 Å². The molecule has 7 aromatic rings. The van der Waals surface area contributed by atoms with Crippen molar-refractivity contribution in [1.29, 1.82) is 0 Å². The van der Waals surface area contributed by atoms with Crippen molar-refractivity contribution in [3.8, 4) is 90.5 Å². The number of aromatic amines is 2. The van der Waals surface area contributed by atoms with Gasteiger partial charge < -0.3 is 105 Å². The van der Waals surface area contributed by atoms with Crippen molar-refractivity contribution in [2.24, 2.45) is 0 Å². The van der Waals surface area contributed by atoms with E-state index in [1.54, 1.807) is 0 Å². The lowest BCUT2D eigenvalue weighted by Gasteiger charge is -2.15. The van der Waals surface area contributed by atoms with Crippen molar-refractivity contribution in [1.82, 2.24) is 19.9 Å². The fourth-order valence-corrected chi connectivity index (χ4v) is 11.9. The lowest BCUT2D eigenvalue weighted by molar-refractivity contribution is 0.00708. The molecule has 0 aliphatic carbocycles. The van der Waals surface area contributed by atoms with Crippen molar-refractivity contribution in [2.75, 3.05) is 211 Å². The van der Waals surface area contributed by atoms with Crippen LogP contribution in [0.1, 0.15) is 22.8 Å². The van der Waals surface area contributed by atoms with Gasteiger partial charge in [-0.05, 0) is 119 Å². The minimum absolute atomic E-state index is 0.257. The Morgan fingerprint density at radius 1 is 0.190 bits per heavy atom. The van der Waals surface area contributed by atoms with Crippen LogP contribution in [0.4, 0.5) is 0 Å².